The SMILES string of the molecule is COC(=O)CCC1CCC(NCC(=O)O)CC1. The molecule has 0 unspecified atom stereocenters. The molecule has 0 atom stereocenters. The van der Waals surface area contributed by atoms with Crippen LogP contribution in [0.1, 0.15) is 38.5 Å². The van der Waals surface area contributed by atoms with Crippen LogP contribution in [-0.2, 0) is 14.3 Å². The van der Waals surface area contributed by atoms with Crippen molar-refractivity contribution in [1.82, 2.24) is 5.32 Å². The average Bonchev–Trinajstić information content (AvgIpc) is 2.34. The van der Waals surface area contributed by atoms with E-state index in [4.69, 9.17) is 5.11 Å². The normalized spacial score (nSPS) is 24.3. The summed E-state index contributed by atoms with van der Waals surface area (Å²) >= 11 is 0. The third-order valence-electron chi connectivity index (χ3n) is 3.37. The number of nitrogens with one attached hydrogen (secondary N) is 1. The van der Waals surface area contributed by atoms with Crippen LogP contribution in [0.15, 0.2) is 0 Å². The van der Waals surface area contributed by atoms with Gasteiger partial charge in [0.1, 0.15) is 0 Å². The molecule has 0 aliphatic heterocycles. The molecule has 0 aromatic heterocycles. The highest BCUT2D eigenvalue weighted by atomic mass is 16.5. The van der Waals surface area contributed by atoms with Gasteiger partial charge in [-0.1, -0.05) is 0 Å². The van der Waals surface area contributed by atoms with Gasteiger partial charge in [0.05, 0.1) is 13.7 Å². The average molecular weight is 243 g/mol. The third-order valence-corrected chi connectivity index (χ3v) is 3.37. The highest BCUT2D eigenvalue weighted by Gasteiger charge is 2.21. The molecule has 0 heterocycles. The van der Waals surface area contributed by atoms with Crippen molar-refractivity contribution in [3.63, 3.8) is 0 Å². The summed E-state index contributed by atoms with van der Waals surface area (Å²) in [6, 6.07) is 0.320. The van der Waals surface area contributed by atoms with Gasteiger partial charge in [0.25, 0.3) is 0 Å². The Hall–Kier alpha value is -1.10. The van der Waals surface area contributed by atoms with Gasteiger partial charge < -0.3 is 15.2 Å². The Bertz CT molecular complexity index is 259. The molecule has 2 N–H and O–H groups in total. The van der Waals surface area contributed by atoms with Gasteiger partial charge in [-0.05, 0) is 38.0 Å². The van der Waals surface area contributed by atoms with Gasteiger partial charge in [-0.25, -0.2) is 0 Å². The summed E-state index contributed by atoms with van der Waals surface area (Å²) in [4.78, 5) is 21.4. The number of hydrogen-bond donors (Lipinski definition) is 2. The first-order chi connectivity index (χ1) is 8.11. The van der Waals surface area contributed by atoms with Crippen LogP contribution in [0.25, 0.3) is 0 Å². The van der Waals surface area contributed by atoms with Gasteiger partial charge in [0.2, 0.25) is 0 Å². The summed E-state index contributed by atoms with van der Waals surface area (Å²) in [5.41, 5.74) is 0. The van der Waals surface area contributed by atoms with Crippen LogP contribution >= 0.6 is 0 Å². The summed E-state index contributed by atoms with van der Waals surface area (Å²) in [7, 11) is 1.41. The van der Waals surface area contributed by atoms with E-state index in [2.05, 4.69) is 10.1 Å². The lowest BCUT2D eigenvalue weighted by molar-refractivity contribution is -0.141. The number of hydrogen-bond acceptors (Lipinski definition) is 4. The van der Waals surface area contributed by atoms with Crippen LogP contribution in [0.2, 0.25) is 0 Å². The minimum absolute atomic E-state index is 0.0392. The van der Waals surface area contributed by atoms with Crippen molar-refractivity contribution in [1.29, 1.82) is 0 Å². The number of ether oxygens (including phenoxy) is 1. The zero-order valence-corrected chi connectivity index (χ0v) is 10.3. The maximum absolute atomic E-state index is 11.0. The van der Waals surface area contributed by atoms with Crippen molar-refractivity contribution in [2.75, 3.05) is 13.7 Å². The van der Waals surface area contributed by atoms with E-state index in [9.17, 15) is 9.59 Å². The Kier molecular flexibility index (Phi) is 5.97. The molecule has 0 amide bonds. The van der Waals surface area contributed by atoms with Crippen molar-refractivity contribution in [3.8, 4) is 0 Å². The molecule has 0 spiro atoms. The van der Waals surface area contributed by atoms with Gasteiger partial charge in [0, 0.05) is 12.5 Å². The van der Waals surface area contributed by atoms with E-state index >= 15 is 0 Å². The fourth-order valence-electron chi connectivity index (χ4n) is 2.31. The van der Waals surface area contributed by atoms with Gasteiger partial charge in [-0.2, -0.15) is 0 Å². The van der Waals surface area contributed by atoms with E-state index in [0.29, 0.717) is 18.4 Å². The first-order valence-corrected chi connectivity index (χ1v) is 6.13. The maximum atomic E-state index is 11.0. The molecule has 1 saturated carbocycles. The molecular formula is C12H21NO4. The lowest BCUT2D eigenvalue weighted by Gasteiger charge is -2.28. The zero-order chi connectivity index (χ0) is 12.7. The highest BCUT2D eigenvalue weighted by molar-refractivity contribution is 5.69. The molecule has 0 radical (unpaired) electrons. The van der Waals surface area contributed by atoms with Crippen LogP contribution in [0.5, 0.6) is 0 Å². The Morgan fingerprint density at radius 3 is 2.47 bits per heavy atom. The molecule has 98 valence electrons. The predicted octanol–water partition coefficient (Wildman–Crippen LogP) is 1.17. The number of carboxylic acid groups (broad SMARTS) is 1. The number of esters is 1. The molecule has 1 fully saturated rings. The van der Waals surface area contributed by atoms with Gasteiger partial charge >= 0.3 is 11.9 Å². The molecule has 0 bridgehead atoms. The lowest BCUT2D eigenvalue weighted by Crippen LogP contribution is -2.36. The second kappa shape index (κ2) is 7.27. The molecule has 0 aromatic carbocycles. The van der Waals surface area contributed by atoms with Crippen molar-refractivity contribution in [3.05, 3.63) is 0 Å². The summed E-state index contributed by atoms with van der Waals surface area (Å²) in [5.74, 6) is -0.370. The van der Waals surface area contributed by atoms with Crippen LogP contribution < -0.4 is 5.32 Å². The molecule has 1 rings (SSSR count). The fourth-order valence-corrected chi connectivity index (χ4v) is 2.31. The van der Waals surface area contributed by atoms with Crippen molar-refractivity contribution in [2.24, 2.45) is 5.92 Å². The lowest BCUT2D eigenvalue weighted by atomic mass is 9.83. The van der Waals surface area contributed by atoms with E-state index in [-0.39, 0.29) is 12.5 Å². The minimum Gasteiger partial charge on any atom is -0.480 e. The molecule has 5 heteroatoms. The quantitative estimate of drug-likeness (QED) is 0.685. The van der Waals surface area contributed by atoms with Crippen molar-refractivity contribution in [2.45, 2.75) is 44.6 Å². The molecule has 17 heavy (non-hydrogen) atoms. The fraction of sp³-hybridized carbons (Fsp3) is 0.833. The number of aliphatic carboxylic acids is 1. The number of methoxy groups -OCH3 is 1. The molecule has 1 aliphatic rings. The molecule has 5 nitrogen and oxygen atoms in total. The van der Waals surface area contributed by atoms with Crippen LogP contribution in [0.4, 0.5) is 0 Å². The van der Waals surface area contributed by atoms with E-state index in [1.807, 2.05) is 0 Å². The van der Waals surface area contributed by atoms with Crippen molar-refractivity contribution >= 4 is 11.9 Å². The number of rotatable bonds is 6. The predicted molar refractivity (Wildman–Crippen MR) is 62.6 cm³/mol. The van der Waals surface area contributed by atoms with E-state index in [1.165, 1.54) is 7.11 Å². The smallest absolute Gasteiger partial charge is 0.317 e. The monoisotopic (exact) mass is 243 g/mol. The van der Waals surface area contributed by atoms with Crippen molar-refractivity contribution < 1.29 is 19.4 Å². The first-order valence-electron chi connectivity index (χ1n) is 6.13. The highest BCUT2D eigenvalue weighted by Crippen LogP contribution is 2.27. The third kappa shape index (κ3) is 5.68. The number of carbonyl (C=O) groups excluding carboxylic acids is 1. The standard InChI is InChI=1S/C12H21NO4/c1-17-12(16)7-4-9-2-5-10(6-3-9)13-8-11(14)15/h9-10,13H,2-8H2,1H3,(H,14,15). The number of carbonyl (C=O) groups is 2. The van der Waals surface area contributed by atoms with Gasteiger partial charge in [-0.15, -0.1) is 0 Å². The van der Waals surface area contributed by atoms with Crippen LogP contribution in [0, 0.1) is 5.92 Å². The van der Waals surface area contributed by atoms with Crippen LogP contribution in [-0.4, -0.2) is 36.7 Å². The molecule has 1 aliphatic carbocycles. The zero-order valence-electron chi connectivity index (χ0n) is 10.3. The van der Waals surface area contributed by atoms with Gasteiger partial charge in [0.15, 0.2) is 0 Å². The minimum atomic E-state index is -0.808. The summed E-state index contributed by atoms with van der Waals surface area (Å²) in [6.45, 7) is 0.0392. The molecule has 0 saturated heterocycles. The Balaban J connectivity index is 2.13. The Morgan fingerprint density at radius 1 is 1.29 bits per heavy atom. The van der Waals surface area contributed by atoms with E-state index < -0.39 is 5.97 Å². The molecule has 0 aromatic rings. The second-order valence-electron chi connectivity index (χ2n) is 4.61. The summed E-state index contributed by atoms with van der Waals surface area (Å²) < 4.78 is 4.61. The summed E-state index contributed by atoms with van der Waals surface area (Å²) in [6.07, 6.45) is 5.51. The Labute approximate surface area is 102 Å². The molecular weight excluding hydrogens is 222 g/mol. The number of carboxylic acids is 1. The Morgan fingerprint density at radius 2 is 1.94 bits per heavy atom. The summed E-state index contributed by atoms with van der Waals surface area (Å²) in [5, 5.41) is 11.6. The van der Waals surface area contributed by atoms with E-state index in [0.717, 1.165) is 32.1 Å². The topological polar surface area (TPSA) is 75.6 Å². The van der Waals surface area contributed by atoms with E-state index in [1.54, 1.807) is 0 Å². The second-order valence-corrected chi connectivity index (χ2v) is 4.61. The first kappa shape index (κ1) is 14.0. The largest absolute Gasteiger partial charge is 0.480 e. The van der Waals surface area contributed by atoms with Crippen LogP contribution in [0.3, 0.4) is 0 Å². The van der Waals surface area contributed by atoms with Gasteiger partial charge in [-0.3, -0.25) is 9.59 Å². The maximum Gasteiger partial charge on any atom is 0.317 e.